The summed E-state index contributed by atoms with van der Waals surface area (Å²) in [5.74, 6) is 2.03. The van der Waals surface area contributed by atoms with Crippen LogP contribution >= 0.6 is 0 Å². The van der Waals surface area contributed by atoms with Gasteiger partial charge in [-0.05, 0) is 44.4 Å². The van der Waals surface area contributed by atoms with Crippen molar-refractivity contribution in [3.8, 4) is 5.75 Å². The molecular formula is C12H14O. The molecule has 0 aromatic heterocycles. The van der Waals surface area contributed by atoms with Crippen LogP contribution in [0.1, 0.15) is 25.3 Å². The van der Waals surface area contributed by atoms with Gasteiger partial charge in [-0.1, -0.05) is 17.7 Å². The van der Waals surface area contributed by atoms with Crippen LogP contribution in [0.25, 0.3) is 0 Å². The van der Waals surface area contributed by atoms with Gasteiger partial charge in [0.1, 0.15) is 11.5 Å². The third-order valence-corrected chi connectivity index (χ3v) is 2.29. The molecule has 1 aliphatic rings. The number of rotatable bonds is 2. The van der Waals surface area contributed by atoms with Crippen LogP contribution in [0, 0.1) is 6.92 Å². The number of hydrogen-bond acceptors (Lipinski definition) is 1. The standard InChI is InChI=1S/C12H14O/c1-9-3-7-12(8-4-9)13-10(2)11-5-6-11/h3-4,7-8H,5-6H2,1-2H3. The Morgan fingerprint density at radius 1 is 1.15 bits per heavy atom. The number of aryl methyl sites for hydroxylation is 1. The fourth-order valence-corrected chi connectivity index (χ4v) is 1.27. The van der Waals surface area contributed by atoms with E-state index < -0.39 is 0 Å². The molecular weight excluding hydrogens is 160 g/mol. The zero-order valence-corrected chi connectivity index (χ0v) is 8.13. The van der Waals surface area contributed by atoms with Crippen molar-refractivity contribution >= 4 is 0 Å². The molecule has 0 amide bonds. The predicted octanol–water partition coefficient (Wildman–Crippen LogP) is 3.44. The van der Waals surface area contributed by atoms with Crippen molar-refractivity contribution in [3.05, 3.63) is 41.2 Å². The summed E-state index contributed by atoms with van der Waals surface area (Å²) in [4.78, 5) is 0. The van der Waals surface area contributed by atoms with E-state index in [0.717, 1.165) is 11.5 Å². The van der Waals surface area contributed by atoms with E-state index in [1.807, 2.05) is 19.1 Å². The van der Waals surface area contributed by atoms with Crippen LogP contribution in [0.15, 0.2) is 35.6 Å². The van der Waals surface area contributed by atoms with E-state index in [1.165, 1.54) is 24.0 Å². The average Bonchev–Trinajstić information content (AvgIpc) is 2.91. The van der Waals surface area contributed by atoms with Crippen molar-refractivity contribution in [3.63, 3.8) is 0 Å². The first-order valence-electron chi connectivity index (χ1n) is 4.69. The van der Waals surface area contributed by atoms with Gasteiger partial charge in [-0.25, -0.2) is 0 Å². The largest absolute Gasteiger partial charge is 0.462 e. The molecule has 68 valence electrons. The third kappa shape index (κ3) is 2.11. The normalized spacial score (nSPS) is 14.2. The van der Waals surface area contributed by atoms with Crippen LogP contribution in [-0.4, -0.2) is 0 Å². The molecule has 0 unspecified atom stereocenters. The monoisotopic (exact) mass is 174 g/mol. The minimum atomic E-state index is 0.947. The van der Waals surface area contributed by atoms with Crippen LogP contribution in [0.2, 0.25) is 0 Å². The summed E-state index contributed by atoms with van der Waals surface area (Å²) in [6.07, 6.45) is 2.44. The lowest BCUT2D eigenvalue weighted by molar-refractivity contribution is 0.425. The first-order chi connectivity index (χ1) is 6.25. The molecule has 0 N–H and O–H groups in total. The summed E-state index contributed by atoms with van der Waals surface area (Å²) in [5, 5.41) is 0. The summed E-state index contributed by atoms with van der Waals surface area (Å²) in [6.45, 7) is 4.12. The van der Waals surface area contributed by atoms with Gasteiger partial charge in [0, 0.05) is 0 Å². The second-order valence-electron chi connectivity index (χ2n) is 3.57. The van der Waals surface area contributed by atoms with Crippen molar-refractivity contribution in [1.82, 2.24) is 0 Å². The Kier molecular flexibility index (Phi) is 2.09. The van der Waals surface area contributed by atoms with E-state index in [0.29, 0.717) is 0 Å². The predicted molar refractivity (Wildman–Crippen MR) is 53.7 cm³/mol. The Balaban J connectivity index is 2.10. The number of allylic oxidation sites excluding steroid dienone is 2. The highest BCUT2D eigenvalue weighted by Crippen LogP contribution is 2.32. The molecule has 0 aliphatic heterocycles. The van der Waals surface area contributed by atoms with E-state index in [-0.39, 0.29) is 0 Å². The van der Waals surface area contributed by atoms with Crippen molar-refractivity contribution in [1.29, 1.82) is 0 Å². The van der Waals surface area contributed by atoms with Crippen LogP contribution in [-0.2, 0) is 0 Å². The Morgan fingerprint density at radius 2 is 1.77 bits per heavy atom. The van der Waals surface area contributed by atoms with Gasteiger partial charge in [-0.15, -0.1) is 0 Å². The molecule has 1 aromatic carbocycles. The Hall–Kier alpha value is -1.24. The number of hydrogen-bond donors (Lipinski definition) is 0. The molecule has 2 rings (SSSR count). The fraction of sp³-hybridized carbons (Fsp3) is 0.333. The van der Waals surface area contributed by atoms with Crippen molar-refractivity contribution < 1.29 is 4.74 Å². The minimum absolute atomic E-state index is 0.947. The van der Waals surface area contributed by atoms with Gasteiger partial charge in [-0.3, -0.25) is 0 Å². The molecule has 0 saturated heterocycles. The molecule has 0 heterocycles. The molecule has 1 nitrogen and oxygen atoms in total. The molecule has 1 aromatic rings. The zero-order valence-electron chi connectivity index (χ0n) is 8.13. The second-order valence-corrected chi connectivity index (χ2v) is 3.57. The van der Waals surface area contributed by atoms with Crippen LogP contribution in [0.4, 0.5) is 0 Å². The fourth-order valence-electron chi connectivity index (χ4n) is 1.27. The molecule has 1 fully saturated rings. The summed E-state index contributed by atoms with van der Waals surface area (Å²) >= 11 is 0. The number of ether oxygens (including phenoxy) is 1. The first kappa shape index (κ1) is 8.36. The lowest BCUT2D eigenvalue weighted by atomic mass is 10.2. The molecule has 13 heavy (non-hydrogen) atoms. The van der Waals surface area contributed by atoms with Gasteiger partial charge in [0.15, 0.2) is 0 Å². The van der Waals surface area contributed by atoms with E-state index in [2.05, 4.69) is 19.1 Å². The van der Waals surface area contributed by atoms with E-state index in [9.17, 15) is 0 Å². The van der Waals surface area contributed by atoms with E-state index in [1.54, 1.807) is 0 Å². The van der Waals surface area contributed by atoms with Gasteiger partial charge >= 0.3 is 0 Å². The molecule has 1 heteroatoms. The summed E-state index contributed by atoms with van der Waals surface area (Å²) in [7, 11) is 0. The van der Waals surface area contributed by atoms with Crippen molar-refractivity contribution in [2.75, 3.05) is 0 Å². The summed E-state index contributed by atoms with van der Waals surface area (Å²) in [5.41, 5.74) is 2.73. The maximum Gasteiger partial charge on any atom is 0.126 e. The molecule has 1 aliphatic carbocycles. The van der Waals surface area contributed by atoms with Crippen molar-refractivity contribution in [2.24, 2.45) is 0 Å². The SMILES string of the molecule is CC(Oc1ccc(C)cc1)=C1CC1. The summed E-state index contributed by atoms with van der Waals surface area (Å²) < 4.78 is 5.67. The van der Waals surface area contributed by atoms with Gasteiger partial charge in [0.05, 0.1) is 0 Å². The Bertz CT molecular complexity index is 327. The van der Waals surface area contributed by atoms with Crippen molar-refractivity contribution in [2.45, 2.75) is 26.7 Å². The van der Waals surface area contributed by atoms with E-state index >= 15 is 0 Å². The smallest absolute Gasteiger partial charge is 0.126 e. The highest BCUT2D eigenvalue weighted by molar-refractivity contribution is 5.30. The second kappa shape index (κ2) is 3.25. The van der Waals surface area contributed by atoms with Gasteiger partial charge < -0.3 is 4.74 Å². The third-order valence-electron chi connectivity index (χ3n) is 2.29. The minimum Gasteiger partial charge on any atom is -0.462 e. The van der Waals surface area contributed by atoms with E-state index in [4.69, 9.17) is 4.74 Å². The van der Waals surface area contributed by atoms with Gasteiger partial charge in [0.25, 0.3) is 0 Å². The molecule has 0 bridgehead atoms. The summed E-state index contributed by atoms with van der Waals surface area (Å²) in [6, 6.07) is 8.17. The topological polar surface area (TPSA) is 9.23 Å². The molecule has 0 radical (unpaired) electrons. The lowest BCUT2D eigenvalue weighted by Gasteiger charge is -2.05. The highest BCUT2D eigenvalue weighted by Gasteiger charge is 2.16. The lowest BCUT2D eigenvalue weighted by Crippen LogP contribution is -1.90. The first-order valence-corrected chi connectivity index (χ1v) is 4.69. The van der Waals surface area contributed by atoms with Crippen LogP contribution < -0.4 is 4.74 Å². The van der Waals surface area contributed by atoms with Gasteiger partial charge in [0.2, 0.25) is 0 Å². The molecule has 0 spiro atoms. The molecule has 1 saturated carbocycles. The highest BCUT2D eigenvalue weighted by atomic mass is 16.5. The molecule has 0 atom stereocenters. The Morgan fingerprint density at radius 3 is 2.31 bits per heavy atom. The average molecular weight is 174 g/mol. The Labute approximate surface area is 79.0 Å². The zero-order chi connectivity index (χ0) is 9.26. The number of benzene rings is 1. The van der Waals surface area contributed by atoms with Crippen LogP contribution in [0.3, 0.4) is 0 Å². The van der Waals surface area contributed by atoms with Crippen LogP contribution in [0.5, 0.6) is 5.75 Å². The van der Waals surface area contributed by atoms with Gasteiger partial charge in [-0.2, -0.15) is 0 Å². The quantitative estimate of drug-likeness (QED) is 0.624. The maximum absolute atomic E-state index is 5.67. The maximum atomic E-state index is 5.67.